The fourth-order valence-electron chi connectivity index (χ4n) is 3.52. The van der Waals surface area contributed by atoms with Gasteiger partial charge in [0.25, 0.3) is 0 Å². The van der Waals surface area contributed by atoms with Gasteiger partial charge in [-0.3, -0.25) is 14.5 Å². The van der Waals surface area contributed by atoms with E-state index in [1.807, 2.05) is 4.90 Å². The Morgan fingerprint density at radius 2 is 2.12 bits per heavy atom. The van der Waals surface area contributed by atoms with Crippen molar-refractivity contribution < 1.29 is 14.0 Å². The number of primary amides is 1. The van der Waals surface area contributed by atoms with Gasteiger partial charge < -0.3 is 15.1 Å². The van der Waals surface area contributed by atoms with Gasteiger partial charge >= 0.3 is 0 Å². The van der Waals surface area contributed by atoms with Crippen LogP contribution in [0.4, 0.5) is 0 Å². The van der Waals surface area contributed by atoms with Gasteiger partial charge in [0.15, 0.2) is 0 Å². The molecule has 0 radical (unpaired) electrons. The van der Waals surface area contributed by atoms with E-state index in [9.17, 15) is 9.59 Å². The van der Waals surface area contributed by atoms with Crippen molar-refractivity contribution in [3.05, 3.63) is 17.8 Å². The smallest absolute Gasteiger partial charge is 0.223 e. The summed E-state index contributed by atoms with van der Waals surface area (Å²) < 4.78 is 5.76. The number of rotatable bonds is 5. The fourth-order valence-corrected chi connectivity index (χ4v) is 3.52. The Kier molecular flexibility index (Phi) is 4.89. The van der Waals surface area contributed by atoms with E-state index in [4.69, 9.17) is 10.2 Å². The molecule has 3 rings (SSSR count). The Hall–Kier alpha value is -1.89. The molecule has 0 spiro atoms. The third-order valence-corrected chi connectivity index (χ3v) is 5.06. The SMILES string of the molecule is CC(C)c1cnc(CN2CCC(N3CC(C(N)=O)CC3=O)CC2)o1. The summed E-state index contributed by atoms with van der Waals surface area (Å²) in [5.41, 5.74) is 5.34. The Morgan fingerprint density at radius 3 is 2.67 bits per heavy atom. The molecular formula is C17H26N4O3. The summed E-state index contributed by atoms with van der Waals surface area (Å²) in [6, 6.07) is 0.217. The molecule has 2 aliphatic rings. The molecule has 0 saturated carbocycles. The average molecular weight is 334 g/mol. The van der Waals surface area contributed by atoms with Crippen molar-refractivity contribution in [2.45, 2.75) is 51.6 Å². The summed E-state index contributed by atoms with van der Waals surface area (Å²) in [7, 11) is 0. The molecule has 2 aliphatic heterocycles. The Labute approximate surface area is 142 Å². The number of amides is 2. The summed E-state index contributed by atoms with van der Waals surface area (Å²) >= 11 is 0. The molecule has 132 valence electrons. The van der Waals surface area contributed by atoms with Crippen LogP contribution in [0.5, 0.6) is 0 Å². The number of likely N-dealkylation sites (tertiary alicyclic amines) is 2. The predicted molar refractivity (Wildman–Crippen MR) is 87.9 cm³/mol. The van der Waals surface area contributed by atoms with E-state index in [2.05, 4.69) is 23.7 Å². The minimum absolute atomic E-state index is 0.0616. The minimum atomic E-state index is -0.367. The molecule has 2 N–H and O–H groups in total. The van der Waals surface area contributed by atoms with Gasteiger partial charge in [0.2, 0.25) is 17.7 Å². The van der Waals surface area contributed by atoms with Gasteiger partial charge in [0, 0.05) is 38.0 Å². The molecule has 7 nitrogen and oxygen atoms in total. The lowest BCUT2D eigenvalue weighted by Gasteiger charge is -2.36. The quantitative estimate of drug-likeness (QED) is 0.870. The molecule has 1 atom stereocenters. The van der Waals surface area contributed by atoms with Gasteiger partial charge in [-0.1, -0.05) is 13.8 Å². The van der Waals surface area contributed by atoms with Gasteiger partial charge in [-0.25, -0.2) is 4.98 Å². The Morgan fingerprint density at radius 1 is 1.42 bits per heavy atom. The number of hydrogen-bond acceptors (Lipinski definition) is 5. The van der Waals surface area contributed by atoms with Crippen molar-refractivity contribution in [3.63, 3.8) is 0 Å². The van der Waals surface area contributed by atoms with Crippen molar-refractivity contribution in [3.8, 4) is 0 Å². The lowest BCUT2D eigenvalue weighted by atomic mass is 10.0. The zero-order valence-electron chi connectivity index (χ0n) is 14.4. The number of oxazole rings is 1. The highest BCUT2D eigenvalue weighted by Crippen LogP contribution is 2.26. The second-order valence-electron chi connectivity index (χ2n) is 7.17. The van der Waals surface area contributed by atoms with Crippen LogP contribution in [0.3, 0.4) is 0 Å². The van der Waals surface area contributed by atoms with Crippen molar-refractivity contribution in [2.75, 3.05) is 19.6 Å². The molecule has 2 fully saturated rings. The number of hydrogen-bond donors (Lipinski definition) is 1. The first-order valence-corrected chi connectivity index (χ1v) is 8.69. The fraction of sp³-hybridized carbons (Fsp3) is 0.706. The van der Waals surface area contributed by atoms with E-state index in [0.29, 0.717) is 19.0 Å². The number of aromatic nitrogens is 1. The van der Waals surface area contributed by atoms with Crippen LogP contribution in [0.2, 0.25) is 0 Å². The lowest BCUT2D eigenvalue weighted by Crippen LogP contribution is -2.45. The Balaban J connectivity index is 1.50. The molecule has 7 heteroatoms. The predicted octanol–water partition coefficient (Wildman–Crippen LogP) is 1.10. The van der Waals surface area contributed by atoms with Crippen molar-refractivity contribution in [1.29, 1.82) is 0 Å². The van der Waals surface area contributed by atoms with E-state index >= 15 is 0 Å². The summed E-state index contributed by atoms with van der Waals surface area (Å²) in [5, 5.41) is 0. The highest BCUT2D eigenvalue weighted by molar-refractivity contribution is 5.88. The maximum Gasteiger partial charge on any atom is 0.223 e. The first-order chi connectivity index (χ1) is 11.4. The maximum absolute atomic E-state index is 12.1. The third kappa shape index (κ3) is 3.61. The van der Waals surface area contributed by atoms with Gasteiger partial charge in [0.05, 0.1) is 18.7 Å². The molecule has 24 heavy (non-hydrogen) atoms. The molecular weight excluding hydrogens is 308 g/mol. The zero-order chi connectivity index (χ0) is 17.3. The van der Waals surface area contributed by atoms with E-state index in [1.165, 1.54) is 0 Å². The third-order valence-electron chi connectivity index (χ3n) is 5.06. The lowest BCUT2D eigenvalue weighted by molar-refractivity contribution is -0.130. The monoisotopic (exact) mass is 334 g/mol. The topological polar surface area (TPSA) is 92.7 Å². The minimum Gasteiger partial charge on any atom is -0.444 e. The number of nitrogens with zero attached hydrogens (tertiary/aromatic N) is 3. The van der Waals surface area contributed by atoms with Crippen molar-refractivity contribution in [1.82, 2.24) is 14.8 Å². The molecule has 0 aromatic carbocycles. The Bertz CT molecular complexity index is 605. The zero-order valence-corrected chi connectivity index (χ0v) is 14.4. The molecule has 1 unspecified atom stereocenters. The van der Waals surface area contributed by atoms with Gasteiger partial charge in [-0.05, 0) is 12.8 Å². The molecule has 2 saturated heterocycles. The first-order valence-electron chi connectivity index (χ1n) is 8.69. The van der Waals surface area contributed by atoms with E-state index in [1.54, 1.807) is 6.20 Å². The van der Waals surface area contributed by atoms with Crippen LogP contribution in [0, 0.1) is 5.92 Å². The van der Waals surface area contributed by atoms with Crippen LogP contribution in [-0.4, -0.2) is 52.3 Å². The van der Waals surface area contributed by atoms with Gasteiger partial charge in [-0.15, -0.1) is 0 Å². The van der Waals surface area contributed by atoms with E-state index in [-0.39, 0.29) is 30.2 Å². The van der Waals surface area contributed by atoms with Crippen LogP contribution >= 0.6 is 0 Å². The number of carbonyl (C=O) groups excluding carboxylic acids is 2. The number of carbonyl (C=O) groups is 2. The van der Waals surface area contributed by atoms with E-state index < -0.39 is 0 Å². The van der Waals surface area contributed by atoms with Crippen LogP contribution in [0.25, 0.3) is 0 Å². The highest BCUT2D eigenvalue weighted by Gasteiger charge is 2.38. The standard InChI is InChI=1S/C17H26N4O3/c1-11(2)14-8-19-15(24-14)10-20-5-3-13(4-6-20)21-9-12(17(18)23)7-16(21)22/h8,11-13H,3-7,9-10H2,1-2H3,(H2,18,23). The first kappa shape index (κ1) is 17.0. The summed E-state index contributed by atoms with van der Waals surface area (Å²) in [4.78, 5) is 31.9. The van der Waals surface area contributed by atoms with Crippen LogP contribution in [-0.2, 0) is 16.1 Å². The van der Waals surface area contributed by atoms with Gasteiger partial charge in [0.1, 0.15) is 5.76 Å². The van der Waals surface area contributed by atoms with Crippen LogP contribution in [0.1, 0.15) is 50.7 Å². The summed E-state index contributed by atoms with van der Waals surface area (Å²) in [5.74, 6) is 1.39. The van der Waals surface area contributed by atoms with Crippen LogP contribution in [0.15, 0.2) is 10.6 Å². The largest absolute Gasteiger partial charge is 0.444 e. The molecule has 2 amide bonds. The van der Waals surface area contributed by atoms with Crippen molar-refractivity contribution in [2.24, 2.45) is 11.7 Å². The van der Waals surface area contributed by atoms with Gasteiger partial charge in [-0.2, -0.15) is 0 Å². The molecule has 0 aliphatic carbocycles. The highest BCUT2D eigenvalue weighted by atomic mass is 16.4. The summed E-state index contributed by atoms with van der Waals surface area (Å²) in [6.45, 7) is 7.15. The second kappa shape index (κ2) is 6.93. The molecule has 1 aromatic heterocycles. The molecule has 0 bridgehead atoms. The number of nitrogens with two attached hydrogens (primary N) is 1. The molecule has 1 aromatic rings. The maximum atomic E-state index is 12.1. The second-order valence-corrected chi connectivity index (χ2v) is 7.17. The van der Waals surface area contributed by atoms with Crippen LogP contribution < -0.4 is 5.73 Å². The number of piperidine rings is 1. The average Bonchev–Trinajstić information content (AvgIpc) is 3.15. The summed E-state index contributed by atoms with van der Waals surface area (Å²) in [6.07, 6.45) is 3.90. The van der Waals surface area contributed by atoms with E-state index in [0.717, 1.165) is 37.6 Å². The normalized spacial score (nSPS) is 23.4. The molecule has 3 heterocycles. The van der Waals surface area contributed by atoms with Crippen molar-refractivity contribution >= 4 is 11.8 Å².